The standard InChI is InChI=1S/C22H23N5O5/c1-25-14-17(20(24-25)31-2)19(28)23-16-7-5-15(6-8-16)21(29)26-9-11-27(12-10-26)22(30)18-4-3-13-32-18/h3-8,13-14H,9-12H2,1-2H3,(H,23,28). The molecule has 1 fully saturated rings. The second-order valence-corrected chi connectivity index (χ2v) is 7.32. The van der Waals surface area contributed by atoms with Crippen molar-refractivity contribution >= 4 is 23.4 Å². The molecule has 0 unspecified atom stereocenters. The molecule has 3 heterocycles. The van der Waals surface area contributed by atoms with E-state index in [0.717, 1.165) is 0 Å². The number of furan rings is 1. The van der Waals surface area contributed by atoms with E-state index in [1.165, 1.54) is 18.1 Å². The van der Waals surface area contributed by atoms with Crippen LogP contribution in [0.25, 0.3) is 0 Å². The van der Waals surface area contributed by atoms with E-state index < -0.39 is 0 Å². The number of nitrogens with one attached hydrogen (secondary N) is 1. The number of ether oxygens (including phenoxy) is 1. The van der Waals surface area contributed by atoms with Crippen LogP contribution in [0, 0.1) is 0 Å². The molecule has 32 heavy (non-hydrogen) atoms. The predicted octanol–water partition coefficient (Wildman–Crippen LogP) is 1.87. The molecule has 4 rings (SSSR count). The van der Waals surface area contributed by atoms with E-state index in [1.807, 2.05) is 0 Å². The zero-order chi connectivity index (χ0) is 22.7. The normalized spacial score (nSPS) is 13.7. The lowest BCUT2D eigenvalue weighted by atomic mass is 10.1. The van der Waals surface area contributed by atoms with Crippen molar-refractivity contribution in [3.63, 3.8) is 0 Å². The largest absolute Gasteiger partial charge is 0.479 e. The fourth-order valence-corrected chi connectivity index (χ4v) is 3.52. The van der Waals surface area contributed by atoms with E-state index in [-0.39, 0.29) is 23.6 Å². The Balaban J connectivity index is 1.34. The van der Waals surface area contributed by atoms with E-state index >= 15 is 0 Å². The molecule has 0 saturated carbocycles. The average Bonchev–Trinajstić information content (AvgIpc) is 3.48. The fourth-order valence-electron chi connectivity index (χ4n) is 3.52. The molecule has 0 atom stereocenters. The van der Waals surface area contributed by atoms with Crippen LogP contribution in [0.3, 0.4) is 0 Å². The highest BCUT2D eigenvalue weighted by atomic mass is 16.5. The smallest absolute Gasteiger partial charge is 0.289 e. The molecule has 166 valence electrons. The van der Waals surface area contributed by atoms with Crippen molar-refractivity contribution in [1.82, 2.24) is 19.6 Å². The van der Waals surface area contributed by atoms with Gasteiger partial charge < -0.3 is 24.3 Å². The summed E-state index contributed by atoms with van der Waals surface area (Å²) in [4.78, 5) is 41.1. The van der Waals surface area contributed by atoms with Gasteiger partial charge in [0.25, 0.3) is 17.7 Å². The molecule has 2 aromatic heterocycles. The van der Waals surface area contributed by atoms with Crippen molar-refractivity contribution in [2.45, 2.75) is 0 Å². The van der Waals surface area contributed by atoms with Crippen LogP contribution in [0.4, 0.5) is 5.69 Å². The van der Waals surface area contributed by atoms with Gasteiger partial charge in [-0.25, -0.2) is 0 Å². The second kappa shape index (κ2) is 8.96. The van der Waals surface area contributed by atoms with Gasteiger partial charge in [0, 0.05) is 50.7 Å². The number of carbonyl (C=O) groups excluding carboxylic acids is 3. The molecule has 10 heteroatoms. The third kappa shape index (κ3) is 4.34. The summed E-state index contributed by atoms with van der Waals surface area (Å²) in [5.74, 6) is -0.117. The highest BCUT2D eigenvalue weighted by Gasteiger charge is 2.26. The zero-order valence-corrected chi connectivity index (χ0v) is 17.8. The van der Waals surface area contributed by atoms with Gasteiger partial charge in [-0.2, -0.15) is 0 Å². The highest BCUT2D eigenvalue weighted by Crippen LogP contribution is 2.19. The Hall–Kier alpha value is -4.08. The summed E-state index contributed by atoms with van der Waals surface area (Å²) < 4.78 is 11.8. The fraction of sp³-hybridized carbons (Fsp3) is 0.273. The zero-order valence-electron chi connectivity index (χ0n) is 17.8. The molecular weight excluding hydrogens is 414 g/mol. The number of piperazine rings is 1. The quantitative estimate of drug-likeness (QED) is 0.653. The van der Waals surface area contributed by atoms with Gasteiger partial charge in [0.05, 0.1) is 13.4 Å². The first-order chi connectivity index (χ1) is 15.5. The summed E-state index contributed by atoms with van der Waals surface area (Å²) in [5.41, 5.74) is 1.37. The molecule has 1 N–H and O–H groups in total. The number of hydrogen-bond donors (Lipinski definition) is 1. The maximum absolute atomic E-state index is 12.8. The van der Waals surface area contributed by atoms with Crippen LogP contribution < -0.4 is 10.1 Å². The first-order valence-corrected chi connectivity index (χ1v) is 10.1. The van der Waals surface area contributed by atoms with Crippen LogP contribution >= 0.6 is 0 Å². The van der Waals surface area contributed by atoms with Crippen molar-refractivity contribution in [3.05, 3.63) is 65.7 Å². The number of carbonyl (C=O) groups is 3. The Morgan fingerprint density at radius 1 is 1.00 bits per heavy atom. The molecule has 1 aliphatic rings. The minimum Gasteiger partial charge on any atom is -0.479 e. The highest BCUT2D eigenvalue weighted by molar-refractivity contribution is 6.06. The van der Waals surface area contributed by atoms with Crippen molar-refractivity contribution in [3.8, 4) is 5.88 Å². The van der Waals surface area contributed by atoms with E-state index in [0.29, 0.717) is 48.8 Å². The minimum atomic E-state index is -0.355. The summed E-state index contributed by atoms with van der Waals surface area (Å²) in [6, 6.07) is 9.98. The van der Waals surface area contributed by atoms with Crippen molar-refractivity contribution < 1.29 is 23.5 Å². The van der Waals surface area contributed by atoms with E-state index in [9.17, 15) is 14.4 Å². The van der Waals surface area contributed by atoms with E-state index in [4.69, 9.17) is 9.15 Å². The van der Waals surface area contributed by atoms with Gasteiger partial charge in [0.15, 0.2) is 5.76 Å². The second-order valence-electron chi connectivity index (χ2n) is 7.32. The van der Waals surface area contributed by atoms with Crippen LogP contribution in [-0.4, -0.2) is 70.6 Å². The van der Waals surface area contributed by atoms with Gasteiger partial charge in [-0.3, -0.25) is 19.1 Å². The van der Waals surface area contributed by atoms with Gasteiger partial charge >= 0.3 is 0 Å². The Morgan fingerprint density at radius 3 is 2.25 bits per heavy atom. The van der Waals surface area contributed by atoms with Gasteiger partial charge in [-0.1, -0.05) is 0 Å². The van der Waals surface area contributed by atoms with Gasteiger partial charge in [-0.15, -0.1) is 5.10 Å². The number of aromatic nitrogens is 2. The summed E-state index contributed by atoms with van der Waals surface area (Å²) in [7, 11) is 3.15. The Labute approximate surface area is 184 Å². The van der Waals surface area contributed by atoms with Crippen LogP contribution in [-0.2, 0) is 7.05 Å². The topological polar surface area (TPSA) is 110 Å². The van der Waals surface area contributed by atoms with Gasteiger partial charge in [0.2, 0.25) is 5.88 Å². The van der Waals surface area contributed by atoms with Crippen LogP contribution in [0.2, 0.25) is 0 Å². The summed E-state index contributed by atoms with van der Waals surface area (Å²) >= 11 is 0. The maximum Gasteiger partial charge on any atom is 0.289 e. The first-order valence-electron chi connectivity index (χ1n) is 10.1. The monoisotopic (exact) mass is 437 g/mol. The molecule has 0 bridgehead atoms. The molecule has 0 aliphatic carbocycles. The molecular formula is C22H23N5O5. The molecule has 1 aliphatic heterocycles. The number of nitrogens with zero attached hydrogens (tertiary/aromatic N) is 4. The van der Waals surface area contributed by atoms with Crippen molar-refractivity contribution in [2.24, 2.45) is 7.05 Å². The number of amides is 3. The summed E-state index contributed by atoms with van der Waals surface area (Å²) in [6.45, 7) is 1.74. The molecule has 1 saturated heterocycles. The van der Waals surface area contributed by atoms with E-state index in [1.54, 1.807) is 59.4 Å². The van der Waals surface area contributed by atoms with Gasteiger partial charge in [0.1, 0.15) is 5.56 Å². The lowest BCUT2D eigenvalue weighted by molar-refractivity contribution is 0.0518. The lowest BCUT2D eigenvalue weighted by Gasteiger charge is -2.34. The molecule has 3 amide bonds. The maximum atomic E-state index is 12.8. The average molecular weight is 437 g/mol. The third-order valence-electron chi connectivity index (χ3n) is 5.21. The number of benzene rings is 1. The van der Waals surface area contributed by atoms with E-state index in [2.05, 4.69) is 10.4 Å². The Kier molecular flexibility index (Phi) is 5.93. The van der Waals surface area contributed by atoms with Crippen LogP contribution in [0.5, 0.6) is 5.88 Å². The van der Waals surface area contributed by atoms with Gasteiger partial charge in [-0.05, 0) is 36.4 Å². The molecule has 10 nitrogen and oxygen atoms in total. The Morgan fingerprint density at radius 2 is 1.66 bits per heavy atom. The number of anilines is 1. The summed E-state index contributed by atoms with van der Waals surface area (Å²) in [5, 5.41) is 6.84. The minimum absolute atomic E-state index is 0.123. The predicted molar refractivity (Wildman–Crippen MR) is 115 cm³/mol. The van der Waals surface area contributed by atoms with Crippen molar-refractivity contribution in [1.29, 1.82) is 0 Å². The van der Waals surface area contributed by atoms with Crippen LogP contribution in [0.15, 0.2) is 53.3 Å². The number of aryl methyl sites for hydroxylation is 1. The third-order valence-corrected chi connectivity index (χ3v) is 5.21. The first kappa shape index (κ1) is 21.2. The molecule has 0 radical (unpaired) electrons. The molecule has 3 aromatic rings. The Bertz CT molecular complexity index is 1110. The number of rotatable bonds is 5. The number of methoxy groups -OCH3 is 1. The SMILES string of the molecule is COc1nn(C)cc1C(=O)Nc1ccc(C(=O)N2CCN(C(=O)c3ccco3)CC2)cc1. The molecule has 1 aromatic carbocycles. The lowest BCUT2D eigenvalue weighted by Crippen LogP contribution is -2.50. The van der Waals surface area contributed by atoms with Crippen LogP contribution in [0.1, 0.15) is 31.3 Å². The van der Waals surface area contributed by atoms with Crippen molar-refractivity contribution in [2.75, 3.05) is 38.6 Å². The summed E-state index contributed by atoms with van der Waals surface area (Å²) in [6.07, 6.45) is 3.04. The number of hydrogen-bond acceptors (Lipinski definition) is 6. The molecule has 0 spiro atoms.